The number of Topliss-reactive ketones (excluding diaryl/α,β-unsaturated/α-hetero) is 1. The van der Waals surface area contributed by atoms with Crippen LogP contribution in [0.4, 0.5) is 0 Å². The Bertz CT molecular complexity index is 1090. The van der Waals surface area contributed by atoms with Gasteiger partial charge in [-0.3, -0.25) is 19.2 Å². The number of amides is 3. The van der Waals surface area contributed by atoms with Crippen LogP contribution < -0.4 is 0 Å². The molecule has 1 aliphatic carbocycles. The molecule has 0 aromatic heterocycles. The summed E-state index contributed by atoms with van der Waals surface area (Å²) in [5.74, 6) is -3.07. The first-order chi connectivity index (χ1) is 15.3. The molecule has 2 aromatic carbocycles. The van der Waals surface area contributed by atoms with E-state index in [4.69, 9.17) is 23.2 Å². The maximum absolute atomic E-state index is 13.5. The van der Waals surface area contributed by atoms with Crippen molar-refractivity contribution in [3.8, 4) is 0 Å². The van der Waals surface area contributed by atoms with Crippen molar-refractivity contribution in [2.45, 2.75) is 25.8 Å². The molecule has 2 aromatic rings. The average Bonchev–Trinajstić information content (AvgIpc) is 3.05. The molecule has 1 fully saturated rings. The van der Waals surface area contributed by atoms with Gasteiger partial charge in [0.25, 0.3) is 17.7 Å². The lowest BCUT2D eigenvalue weighted by Gasteiger charge is -2.34. The van der Waals surface area contributed by atoms with E-state index in [0.717, 1.165) is 10.0 Å². The summed E-state index contributed by atoms with van der Waals surface area (Å²) in [6, 6.07) is 11.2. The van der Waals surface area contributed by atoms with E-state index >= 15 is 0 Å². The largest absolute Gasteiger partial charge is 0.292 e. The van der Waals surface area contributed by atoms with Crippen LogP contribution in [-0.2, 0) is 9.59 Å². The Hall–Kier alpha value is -2.96. The fraction of sp³-hybridized carbons (Fsp3) is 0.250. The number of halogens is 2. The Morgan fingerprint density at radius 1 is 0.844 bits per heavy atom. The molecule has 1 saturated heterocycles. The molecule has 1 heterocycles. The highest BCUT2D eigenvalue weighted by Crippen LogP contribution is 2.37. The van der Waals surface area contributed by atoms with Gasteiger partial charge in [0.05, 0.1) is 11.8 Å². The molecule has 0 radical (unpaired) electrons. The standard InChI is InChI=1S/C24H20Cl2N2O4/c1-14(21(29)15-6-10-17(25)11-7-15)27(22(30)16-8-12-18(26)13-9-16)28-23(31)19-4-2-3-5-20(19)24(28)32/h2-3,6-14,19-20H,4-5H2,1H3/t14-,19-,20+/m0/s1. The lowest BCUT2D eigenvalue weighted by Crippen LogP contribution is -2.56. The van der Waals surface area contributed by atoms with Crippen molar-refractivity contribution in [1.82, 2.24) is 10.0 Å². The van der Waals surface area contributed by atoms with Gasteiger partial charge in [-0.25, -0.2) is 5.01 Å². The predicted molar refractivity (Wildman–Crippen MR) is 120 cm³/mol. The number of rotatable bonds is 5. The van der Waals surface area contributed by atoms with Gasteiger partial charge in [0, 0.05) is 21.2 Å². The number of hydrogen-bond donors (Lipinski definition) is 0. The van der Waals surface area contributed by atoms with Crippen LogP contribution in [0.1, 0.15) is 40.5 Å². The van der Waals surface area contributed by atoms with E-state index in [1.807, 2.05) is 12.2 Å². The molecular formula is C24H20Cl2N2O4. The molecule has 6 nitrogen and oxygen atoms in total. The number of benzene rings is 2. The quantitative estimate of drug-likeness (QED) is 0.364. The first kappa shape index (κ1) is 22.2. The molecule has 0 spiro atoms. The van der Waals surface area contributed by atoms with Crippen molar-refractivity contribution in [3.05, 3.63) is 81.9 Å². The van der Waals surface area contributed by atoms with Crippen molar-refractivity contribution >= 4 is 46.7 Å². The molecule has 2 aliphatic rings. The van der Waals surface area contributed by atoms with Crippen LogP contribution in [0.2, 0.25) is 10.0 Å². The monoisotopic (exact) mass is 470 g/mol. The van der Waals surface area contributed by atoms with E-state index in [1.54, 1.807) is 24.3 Å². The van der Waals surface area contributed by atoms with E-state index in [0.29, 0.717) is 28.5 Å². The minimum absolute atomic E-state index is 0.207. The molecule has 0 saturated carbocycles. The summed E-state index contributed by atoms with van der Waals surface area (Å²) in [6.07, 6.45) is 4.58. The zero-order valence-electron chi connectivity index (χ0n) is 17.2. The van der Waals surface area contributed by atoms with E-state index in [1.165, 1.54) is 31.2 Å². The number of hydrogen-bond acceptors (Lipinski definition) is 4. The summed E-state index contributed by atoms with van der Waals surface area (Å²) in [6.45, 7) is 1.51. The average molecular weight is 471 g/mol. The van der Waals surface area contributed by atoms with Crippen LogP contribution in [-0.4, -0.2) is 39.6 Å². The van der Waals surface area contributed by atoms with Gasteiger partial charge in [-0.2, -0.15) is 5.01 Å². The highest BCUT2D eigenvalue weighted by Gasteiger charge is 2.52. The van der Waals surface area contributed by atoms with Crippen LogP contribution in [0.3, 0.4) is 0 Å². The summed E-state index contributed by atoms with van der Waals surface area (Å²) >= 11 is 11.9. The summed E-state index contributed by atoms with van der Waals surface area (Å²) in [5, 5.41) is 2.76. The van der Waals surface area contributed by atoms with Crippen molar-refractivity contribution in [2.75, 3.05) is 0 Å². The maximum atomic E-state index is 13.5. The van der Waals surface area contributed by atoms with Gasteiger partial charge in [-0.1, -0.05) is 35.4 Å². The van der Waals surface area contributed by atoms with Gasteiger partial charge in [-0.05, 0) is 68.3 Å². The molecule has 0 unspecified atom stereocenters. The minimum Gasteiger partial charge on any atom is -0.292 e. The lowest BCUT2D eigenvalue weighted by atomic mass is 9.85. The van der Waals surface area contributed by atoms with Gasteiger partial charge in [0.1, 0.15) is 6.04 Å². The fourth-order valence-electron chi connectivity index (χ4n) is 4.13. The minimum atomic E-state index is -1.11. The molecule has 1 aliphatic heterocycles. The summed E-state index contributed by atoms with van der Waals surface area (Å²) in [5.41, 5.74) is 0.521. The SMILES string of the molecule is C[C@@H](C(=O)c1ccc(Cl)cc1)N(C(=O)c1ccc(Cl)cc1)N1C(=O)[C@H]2CC=CC[C@H]2C1=O. The zero-order valence-corrected chi connectivity index (χ0v) is 18.7. The third kappa shape index (κ3) is 3.96. The number of allylic oxidation sites excluding steroid dienone is 2. The Balaban J connectivity index is 1.74. The lowest BCUT2D eigenvalue weighted by molar-refractivity contribution is -0.156. The highest BCUT2D eigenvalue weighted by atomic mass is 35.5. The third-order valence-electron chi connectivity index (χ3n) is 5.87. The molecule has 0 N–H and O–H groups in total. The summed E-state index contributed by atoms with van der Waals surface area (Å²) < 4.78 is 0. The topological polar surface area (TPSA) is 74.8 Å². The summed E-state index contributed by atoms with van der Waals surface area (Å²) in [7, 11) is 0. The Morgan fingerprint density at radius 2 is 1.28 bits per heavy atom. The van der Waals surface area contributed by atoms with Crippen molar-refractivity contribution in [2.24, 2.45) is 11.8 Å². The smallest absolute Gasteiger partial charge is 0.273 e. The number of carbonyl (C=O) groups excluding carboxylic acids is 4. The number of fused-ring (bicyclic) bond motifs is 1. The van der Waals surface area contributed by atoms with Crippen molar-refractivity contribution < 1.29 is 19.2 Å². The second-order valence-corrected chi connectivity index (χ2v) is 8.72. The first-order valence-corrected chi connectivity index (χ1v) is 11.0. The van der Waals surface area contributed by atoms with Crippen molar-refractivity contribution in [3.63, 3.8) is 0 Å². The molecule has 3 atom stereocenters. The molecule has 0 bridgehead atoms. The van der Waals surface area contributed by atoms with Gasteiger partial charge in [-0.15, -0.1) is 0 Å². The van der Waals surface area contributed by atoms with E-state index in [2.05, 4.69) is 0 Å². The van der Waals surface area contributed by atoms with Gasteiger partial charge in [0.2, 0.25) is 0 Å². The second-order valence-electron chi connectivity index (χ2n) is 7.85. The molecule has 32 heavy (non-hydrogen) atoms. The highest BCUT2D eigenvalue weighted by molar-refractivity contribution is 6.31. The first-order valence-electron chi connectivity index (χ1n) is 10.2. The molecular weight excluding hydrogens is 451 g/mol. The van der Waals surface area contributed by atoms with Gasteiger partial charge in [0.15, 0.2) is 5.78 Å². The molecule has 4 rings (SSSR count). The molecule has 3 amide bonds. The van der Waals surface area contributed by atoms with Gasteiger partial charge < -0.3 is 0 Å². The number of carbonyl (C=O) groups is 4. The Kier molecular flexibility index (Phi) is 6.17. The fourth-order valence-corrected chi connectivity index (χ4v) is 4.38. The van der Waals surface area contributed by atoms with E-state index in [9.17, 15) is 19.2 Å². The zero-order chi connectivity index (χ0) is 23.0. The second kappa shape index (κ2) is 8.88. The molecule has 164 valence electrons. The summed E-state index contributed by atoms with van der Waals surface area (Å²) in [4.78, 5) is 53.2. The number of imide groups is 1. The van der Waals surface area contributed by atoms with Crippen LogP contribution in [0.15, 0.2) is 60.7 Å². The van der Waals surface area contributed by atoms with Crippen LogP contribution in [0.5, 0.6) is 0 Å². The van der Waals surface area contributed by atoms with E-state index < -0.39 is 41.4 Å². The third-order valence-corrected chi connectivity index (χ3v) is 6.38. The maximum Gasteiger partial charge on any atom is 0.273 e. The number of hydrazine groups is 1. The Labute approximate surface area is 195 Å². The van der Waals surface area contributed by atoms with Crippen LogP contribution >= 0.6 is 23.2 Å². The predicted octanol–water partition coefficient (Wildman–Crippen LogP) is 4.57. The number of ketones is 1. The van der Waals surface area contributed by atoms with Crippen LogP contribution in [0, 0.1) is 11.8 Å². The molecule has 8 heteroatoms. The van der Waals surface area contributed by atoms with E-state index in [-0.39, 0.29) is 5.56 Å². The number of nitrogens with zero attached hydrogens (tertiary/aromatic N) is 2. The van der Waals surface area contributed by atoms with Gasteiger partial charge >= 0.3 is 0 Å². The Morgan fingerprint density at radius 3 is 1.75 bits per heavy atom. The van der Waals surface area contributed by atoms with Crippen LogP contribution in [0.25, 0.3) is 0 Å². The van der Waals surface area contributed by atoms with Crippen molar-refractivity contribution in [1.29, 1.82) is 0 Å². The normalized spacial score (nSPS) is 20.8.